The largest absolute Gasteiger partial charge is 0.465 e. The van der Waals surface area contributed by atoms with E-state index < -0.39 is 17.9 Å². The van der Waals surface area contributed by atoms with Gasteiger partial charge < -0.3 is 14.0 Å². The molecule has 0 saturated carbocycles. The predicted molar refractivity (Wildman–Crippen MR) is 133 cm³/mol. The summed E-state index contributed by atoms with van der Waals surface area (Å²) in [5, 5.41) is 0. The number of thiazole rings is 1. The molecule has 0 aliphatic rings. The molecule has 7 nitrogen and oxygen atoms in total. The third kappa shape index (κ3) is 5.38. The summed E-state index contributed by atoms with van der Waals surface area (Å²) >= 11 is 1.22. The van der Waals surface area contributed by atoms with Crippen LogP contribution in [0.4, 0.5) is 0 Å². The van der Waals surface area contributed by atoms with Crippen LogP contribution in [0.25, 0.3) is 10.2 Å². The maximum Gasteiger partial charge on any atom is 0.337 e. The number of ether oxygens (including phenoxy) is 2. The Balaban J connectivity index is 1.86. The van der Waals surface area contributed by atoms with E-state index in [1.54, 1.807) is 29.7 Å². The van der Waals surface area contributed by atoms with Gasteiger partial charge in [0, 0.05) is 0 Å². The Labute approximate surface area is 206 Å². The van der Waals surface area contributed by atoms with E-state index in [0.717, 1.165) is 11.1 Å². The van der Waals surface area contributed by atoms with Gasteiger partial charge in [-0.1, -0.05) is 72.0 Å². The zero-order valence-electron chi connectivity index (χ0n) is 19.3. The van der Waals surface area contributed by atoms with E-state index in [2.05, 4.69) is 4.99 Å². The number of fused-ring (bicyclic) bond motifs is 1. The Hall–Kier alpha value is -4.04. The van der Waals surface area contributed by atoms with Gasteiger partial charge in [0.2, 0.25) is 0 Å². The lowest BCUT2D eigenvalue weighted by molar-refractivity contribution is -0.143. The van der Waals surface area contributed by atoms with E-state index in [0.29, 0.717) is 20.6 Å². The molecule has 0 N–H and O–H groups in total. The number of amides is 1. The van der Waals surface area contributed by atoms with Crippen molar-refractivity contribution < 1.29 is 23.9 Å². The second-order valence-electron chi connectivity index (χ2n) is 7.65. The highest BCUT2D eigenvalue weighted by molar-refractivity contribution is 7.16. The quantitative estimate of drug-likeness (QED) is 0.362. The minimum atomic E-state index is -0.607. The van der Waals surface area contributed by atoms with E-state index in [1.807, 2.05) is 60.7 Å². The highest BCUT2D eigenvalue weighted by Gasteiger charge is 2.23. The molecule has 0 bridgehead atoms. The summed E-state index contributed by atoms with van der Waals surface area (Å²) in [6.07, 6.45) is 0. The normalized spacial score (nSPS) is 11.6. The number of aromatic nitrogens is 1. The van der Waals surface area contributed by atoms with Crippen molar-refractivity contribution in [1.29, 1.82) is 0 Å². The molecular weight excluding hydrogens is 464 g/mol. The number of hydrogen-bond acceptors (Lipinski definition) is 6. The van der Waals surface area contributed by atoms with Gasteiger partial charge in [-0.05, 0) is 36.2 Å². The van der Waals surface area contributed by atoms with Crippen molar-refractivity contribution in [2.24, 2.45) is 4.99 Å². The summed E-state index contributed by atoms with van der Waals surface area (Å²) in [5.74, 6) is -1.88. The van der Waals surface area contributed by atoms with Gasteiger partial charge in [-0.3, -0.25) is 9.59 Å². The number of nitrogens with zero attached hydrogens (tertiary/aromatic N) is 2. The fraction of sp³-hybridized carbons (Fsp3) is 0.185. The lowest BCUT2D eigenvalue weighted by Crippen LogP contribution is -2.24. The molecule has 1 amide bonds. The fourth-order valence-electron chi connectivity index (χ4n) is 3.82. The van der Waals surface area contributed by atoms with Crippen molar-refractivity contribution in [2.45, 2.75) is 19.4 Å². The molecule has 178 valence electrons. The van der Waals surface area contributed by atoms with Gasteiger partial charge in [-0.25, -0.2) is 4.79 Å². The van der Waals surface area contributed by atoms with Gasteiger partial charge >= 0.3 is 11.9 Å². The highest BCUT2D eigenvalue weighted by atomic mass is 32.1. The third-order valence-corrected chi connectivity index (χ3v) is 6.46. The maximum absolute atomic E-state index is 13.6. The Kier molecular flexibility index (Phi) is 7.52. The summed E-state index contributed by atoms with van der Waals surface area (Å²) in [6, 6.07) is 23.9. The second kappa shape index (κ2) is 10.9. The van der Waals surface area contributed by atoms with E-state index in [1.165, 1.54) is 18.4 Å². The van der Waals surface area contributed by atoms with Crippen molar-refractivity contribution in [3.8, 4) is 0 Å². The van der Waals surface area contributed by atoms with Gasteiger partial charge in [-0.15, -0.1) is 0 Å². The van der Waals surface area contributed by atoms with Crippen LogP contribution in [0.2, 0.25) is 0 Å². The average molecular weight is 489 g/mol. The Morgan fingerprint density at radius 3 is 2.14 bits per heavy atom. The monoisotopic (exact) mass is 488 g/mol. The molecule has 1 aromatic heterocycles. The molecular formula is C27H24N2O5S. The van der Waals surface area contributed by atoms with Crippen molar-refractivity contribution in [1.82, 2.24) is 4.57 Å². The average Bonchev–Trinajstić information content (AvgIpc) is 3.20. The molecule has 0 spiro atoms. The summed E-state index contributed by atoms with van der Waals surface area (Å²) in [5.41, 5.74) is 2.67. The van der Waals surface area contributed by atoms with E-state index in [9.17, 15) is 14.4 Å². The van der Waals surface area contributed by atoms with Crippen LogP contribution in [0.3, 0.4) is 0 Å². The zero-order valence-corrected chi connectivity index (χ0v) is 20.2. The van der Waals surface area contributed by atoms with E-state index in [-0.39, 0.29) is 19.1 Å². The molecule has 3 aromatic carbocycles. The topological polar surface area (TPSA) is 87.0 Å². The van der Waals surface area contributed by atoms with Crippen LogP contribution in [-0.2, 0) is 25.6 Å². The Bertz CT molecular complexity index is 1380. The number of methoxy groups -OCH3 is 1. The van der Waals surface area contributed by atoms with Crippen molar-refractivity contribution in [3.05, 3.63) is 100 Å². The summed E-state index contributed by atoms with van der Waals surface area (Å²) in [7, 11) is 1.31. The minimum absolute atomic E-state index is 0.112. The van der Waals surface area contributed by atoms with Crippen LogP contribution < -0.4 is 4.80 Å². The van der Waals surface area contributed by atoms with Crippen LogP contribution >= 0.6 is 11.3 Å². The molecule has 4 aromatic rings. The minimum Gasteiger partial charge on any atom is -0.465 e. The second-order valence-corrected chi connectivity index (χ2v) is 8.66. The fourth-order valence-corrected chi connectivity index (χ4v) is 4.89. The molecule has 0 radical (unpaired) electrons. The number of benzene rings is 3. The summed E-state index contributed by atoms with van der Waals surface area (Å²) in [6.45, 7) is 1.86. The Morgan fingerprint density at radius 2 is 1.57 bits per heavy atom. The first-order chi connectivity index (χ1) is 17.0. The molecule has 0 aliphatic carbocycles. The van der Waals surface area contributed by atoms with E-state index >= 15 is 0 Å². The SMILES string of the molecule is CCOC(=O)Cn1c(=NC(=O)C(c2ccccc2)c2ccccc2)sc2cc(C(=O)OC)ccc21. The van der Waals surface area contributed by atoms with Gasteiger partial charge in [0.15, 0.2) is 4.80 Å². The molecule has 0 fully saturated rings. The van der Waals surface area contributed by atoms with Crippen LogP contribution in [0.15, 0.2) is 83.9 Å². The lowest BCUT2D eigenvalue weighted by Gasteiger charge is -2.14. The van der Waals surface area contributed by atoms with Crippen LogP contribution in [0.1, 0.15) is 34.3 Å². The van der Waals surface area contributed by atoms with Crippen LogP contribution in [0, 0.1) is 0 Å². The number of esters is 2. The number of carbonyl (C=O) groups excluding carboxylic acids is 3. The number of carbonyl (C=O) groups is 3. The zero-order chi connectivity index (χ0) is 24.8. The number of hydrogen-bond donors (Lipinski definition) is 0. The van der Waals surface area contributed by atoms with Crippen molar-refractivity contribution in [3.63, 3.8) is 0 Å². The van der Waals surface area contributed by atoms with E-state index in [4.69, 9.17) is 9.47 Å². The molecule has 4 rings (SSSR count). The van der Waals surface area contributed by atoms with Crippen LogP contribution in [-0.4, -0.2) is 36.1 Å². The maximum atomic E-state index is 13.6. The smallest absolute Gasteiger partial charge is 0.337 e. The number of rotatable bonds is 7. The van der Waals surface area contributed by atoms with Crippen molar-refractivity contribution in [2.75, 3.05) is 13.7 Å². The van der Waals surface area contributed by atoms with Gasteiger partial charge in [-0.2, -0.15) is 4.99 Å². The van der Waals surface area contributed by atoms with Crippen molar-refractivity contribution >= 4 is 39.4 Å². The first-order valence-electron chi connectivity index (χ1n) is 11.1. The van der Waals surface area contributed by atoms with Gasteiger partial charge in [0.1, 0.15) is 6.54 Å². The molecule has 0 unspecified atom stereocenters. The molecule has 0 atom stereocenters. The molecule has 35 heavy (non-hydrogen) atoms. The lowest BCUT2D eigenvalue weighted by atomic mass is 9.91. The molecule has 8 heteroatoms. The first-order valence-corrected chi connectivity index (χ1v) is 11.9. The third-order valence-electron chi connectivity index (χ3n) is 5.41. The Morgan fingerprint density at radius 1 is 0.943 bits per heavy atom. The summed E-state index contributed by atoms with van der Waals surface area (Å²) in [4.78, 5) is 42.8. The predicted octanol–water partition coefficient (Wildman–Crippen LogP) is 4.31. The van der Waals surface area contributed by atoms with Gasteiger partial charge in [0.25, 0.3) is 5.91 Å². The molecule has 0 saturated heterocycles. The van der Waals surface area contributed by atoms with Crippen LogP contribution in [0.5, 0.6) is 0 Å². The highest BCUT2D eigenvalue weighted by Crippen LogP contribution is 2.26. The first kappa shape index (κ1) is 24.1. The van der Waals surface area contributed by atoms with Gasteiger partial charge in [0.05, 0.1) is 35.4 Å². The summed E-state index contributed by atoms with van der Waals surface area (Å²) < 4.78 is 12.3. The molecule has 1 heterocycles. The standard InChI is InChI=1S/C27H24N2O5S/c1-3-34-23(30)17-29-21-15-14-20(26(32)33-2)16-22(21)35-27(29)28-25(31)24(18-10-6-4-7-11-18)19-12-8-5-9-13-19/h4-16,24H,3,17H2,1-2H3. The molecule has 0 aliphatic heterocycles.